The van der Waals surface area contributed by atoms with Gasteiger partial charge in [-0.3, -0.25) is 9.59 Å². The number of hydrogen-bond donors (Lipinski definition) is 1. The maximum atomic E-state index is 12.9. The van der Waals surface area contributed by atoms with Crippen LogP contribution in [-0.2, 0) is 11.3 Å². The maximum absolute atomic E-state index is 12.9. The molecule has 0 spiro atoms. The molecule has 0 saturated heterocycles. The molecule has 3 rings (SSSR count). The largest absolute Gasteiger partial charge is 0.355 e. The van der Waals surface area contributed by atoms with Crippen molar-refractivity contribution in [2.75, 3.05) is 26.2 Å². The normalized spacial score (nSPS) is 11.6. The summed E-state index contributed by atoms with van der Waals surface area (Å²) in [7, 11) is 0. The standard InChI is InChI=1S/C21H28N4O2S/c1-4-24(5-2)14-12-22-18(26)11-8-13-25-21(27)19-16-9-6-7-10-17(16)28-20(19)15(3)23-25/h6-7,9-10H,4-5,8,11-14H2,1-3H3,(H,22,26). The summed E-state index contributed by atoms with van der Waals surface area (Å²) in [5, 5.41) is 9.17. The first-order chi connectivity index (χ1) is 13.5. The van der Waals surface area contributed by atoms with E-state index in [9.17, 15) is 9.59 Å². The fraction of sp³-hybridized carbons (Fsp3) is 0.476. The van der Waals surface area contributed by atoms with Crippen molar-refractivity contribution in [3.05, 3.63) is 40.3 Å². The SMILES string of the molecule is CCN(CC)CCNC(=O)CCCn1nc(C)c2sc3ccccc3c2c1=O. The van der Waals surface area contributed by atoms with Crippen LogP contribution in [0.25, 0.3) is 20.2 Å². The van der Waals surface area contributed by atoms with Gasteiger partial charge < -0.3 is 10.2 Å². The number of thiophene rings is 1. The molecule has 3 aromatic rings. The molecule has 0 atom stereocenters. The molecule has 0 saturated carbocycles. The fourth-order valence-electron chi connectivity index (χ4n) is 3.44. The molecule has 2 heterocycles. The van der Waals surface area contributed by atoms with Gasteiger partial charge >= 0.3 is 0 Å². The van der Waals surface area contributed by atoms with Crippen LogP contribution >= 0.6 is 11.3 Å². The Bertz CT molecular complexity index is 1020. The third-order valence-corrected chi connectivity index (χ3v) is 6.34. The molecule has 0 aliphatic carbocycles. The van der Waals surface area contributed by atoms with Gasteiger partial charge in [-0.2, -0.15) is 5.10 Å². The molecule has 1 N–H and O–H groups in total. The Kier molecular flexibility index (Phi) is 6.80. The number of aromatic nitrogens is 2. The minimum Gasteiger partial charge on any atom is -0.355 e. The van der Waals surface area contributed by atoms with Crippen molar-refractivity contribution in [1.29, 1.82) is 0 Å². The zero-order chi connectivity index (χ0) is 20.1. The van der Waals surface area contributed by atoms with Gasteiger partial charge in [-0.05, 0) is 32.5 Å². The summed E-state index contributed by atoms with van der Waals surface area (Å²) in [4.78, 5) is 27.3. The van der Waals surface area contributed by atoms with E-state index in [0.29, 0.717) is 25.9 Å². The number of carbonyl (C=O) groups excluding carboxylic acids is 1. The molecule has 1 aromatic carbocycles. The highest BCUT2D eigenvalue weighted by molar-refractivity contribution is 7.26. The lowest BCUT2D eigenvalue weighted by Gasteiger charge is -2.17. The van der Waals surface area contributed by atoms with Crippen LogP contribution in [0, 0.1) is 6.92 Å². The molecule has 28 heavy (non-hydrogen) atoms. The summed E-state index contributed by atoms with van der Waals surface area (Å²) in [5.74, 6) is 0.0268. The number of aryl methyl sites for hydroxylation is 2. The highest BCUT2D eigenvalue weighted by Crippen LogP contribution is 2.32. The molecule has 0 radical (unpaired) electrons. The molecule has 0 fully saturated rings. The lowest BCUT2D eigenvalue weighted by atomic mass is 10.2. The van der Waals surface area contributed by atoms with Crippen molar-refractivity contribution >= 4 is 37.4 Å². The predicted molar refractivity (Wildman–Crippen MR) is 116 cm³/mol. The number of carbonyl (C=O) groups is 1. The number of benzene rings is 1. The van der Waals surface area contributed by atoms with Gasteiger partial charge in [0, 0.05) is 36.1 Å². The molecule has 150 valence electrons. The van der Waals surface area contributed by atoms with Gasteiger partial charge in [-0.15, -0.1) is 11.3 Å². The summed E-state index contributed by atoms with van der Waals surface area (Å²) in [6, 6.07) is 7.96. The van der Waals surface area contributed by atoms with Crippen LogP contribution in [0.3, 0.4) is 0 Å². The van der Waals surface area contributed by atoms with E-state index >= 15 is 0 Å². The summed E-state index contributed by atoms with van der Waals surface area (Å²) in [6.45, 7) is 10.1. The second-order valence-corrected chi connectivity index (χ2v) is 7.95. The van der Waals surface area contributed by atoms with Crippen molar-refractivity contribution in [3.63, 3.8) is 0 Å². The Labute approximate surface area is 169 Å². The van der Waals surface area contributed by atoms with Crippen LogP contribution in [0.5, 0.6) is 0 Å². The molecule has 0 bridgehead atoms. The Morgan fingerprint density at radius 1 is 1.25 bits per heavy atom. The number of hydrogen-bond acceptors (Lipinski definition) is 5. The molecule has 2 aromatic heterocycles. The number of amides is 1. The second kappa shape index (κ2) is 9.30. The van der Waals surface area contributed by atoms with E-state index in [1.807, 2.05) is 31.2 Å². The average Bonchev–Trinajstić information content (AvgIpc) is 3.09. The van der Waals surface area contributed by atoms with Gasteiger partial charge in [0.2, 0.25) is 5.91 Å². The molecular formula is C21H28N4O2S. The van der Waals surface area contributed by atoms with Gasteiger partial charge in [-0.25, -0.2) is 4.68 Å². The molecule has 0 unspecified atom stereocenters. The number of likely N-dealkylation sites (N-methyl/N-ethyl adjacent to an activating group) is 1. The molecule has 6 nitrogen and oxygen atoms in total. The van der Waals surface area contributed by atoms with Crippen LogP contribution in [0.1, 0.15) is 32.4 Å². The molecule has 0 aliphatic rings. The van der Waals surface area contributed by atoms with Gasteiger partial charge in [-0.1, -0.05) is 32.0 Å². The van der Waals surface area contributed by atoms with Crippen molar-refractivity contribution in [2.24, 2.45) is 0 Å². The number of rotatable bonds is 9. The van der Waals surface area contributed by atoms with Gasteiger partial charge in [0.05, 0.1) is 15.8 Å². The molecule has 0 aliphatic heterocycles. The van der Waals surface area contributed by atoms with E-state index in [4.69, 9.17) is 0 Å². The Balaban J connectivity index is 1.63. The van der Waals surface area contributed by atoms with E-state index in [-0.39, 0.29) is 11.5 Å². The van der Waals surface area contributed by atoms with Crippen LogP contribution in [-0.4, -0.2) is 46.8 Å². The van der Waals surface area contributed by atoms with Gasteiger partial charge in [0.15, 0.2) is 0 Å². The number of nitrogens with zero attached hydrogens (tertiary/aromatic N) is 3. The molecule has 7 heteroatoms. The first-order valence-corrected chi connectivity index (χ1v) is 10.7. The zero-order valence-corrected chi connectivity index (χ0v) is 17.6. The van der Waals surface area contributed by atoms with Crippen molar-refractivity contribution in [1.82, 2.24) is 20.0 Å². The van der Waals surface area contributed by atoms with Crippen LogP contribution in [0.4, 0.5) is 0 Å². The van der Waals surface area contributed by atoms with Crippen molar-refractivity contribution in [3.8, 4) is 0 Å². The van der Waals surface area contributed by atoms with Crippen LogP contribution in [0.2, 0.25) is 0 Å². The van der Waals surface area contributed by atoms with Crippen molar-refractivity contribution in [2.45, 2.75) is 40.2 Å². The lowest BCUT2D eigenvalue weighted by molar-refractivity contribution is -0.121. The highest BCUT2D eigenvalue weighted by atomic mass is 32.1. The smallest absolute Gasteiger partial charge is 0.276 e. The molecular weight excluding hydrogens is 372 g/mol. The summed E-state index contributed by atoms with van der Waals surface area (Å²) < 4.78 is 3.57. The lowest BCUT2D eigenvalue weighted by Crippen LogP contribution is -2.34. The van der Waals surface area contributed by atoms with Gasteiger partial charge in [0.25, 0.3) is 5.56 Å². The topological polar surface area (TPSA) is 67.2 Å². The van der Waals surface area contributed by atoms with E-state index < -0.39 is 0 Å². The van der Waals surface area contributed by atoms with Crippen molar-refractivity contribution < 1.29 is 4.79 Å². The predicted octanol–water partition coefficient (Wildman–Crippen LogP) is 3.16. The number of fused-ring (bicyclic) bond motifs is 3. The van der Waals surface area contributed by atoms with Crippen LogP contribution in [0.15, 0.2) is 29.1 Å². The second-order valence-electron chi connectivity index (χ2n) is 6.90. The Morgan fingerprint density at radius 2 is 2.00 bits per heavy atom. The Hall–Kier alpha value is -2.25. The Morgan fingerprint density at radius 3 is 2.75 bits per heavy atom. The minimum atomic E-state index is -0.0695. The fourth-order valence-corrected chi connectivity index (χ4v) is 4.57. The van der Waals surface area contributed by atoms with E-state index in [2.05, 4.69) is 29.2 Å². The quantitative estimate of drug-likeness (QED) is 0.599. The highest BCUT2D eigenvalue weighted by Gasteiger charge is 2.14. The summed E-state index contributed by atoms with van der Waals surface area (Å²) in [5.41, 5.74) is 0.791. The van der Waals surface area contributed by atoms with E-state index in [0.717, 1.165) is 45.5 Å². The van der Waals surface area contributed by atoms with Gasteiger partial charge in [0.1, 0.15) is 0 Å². The first kappa shape index (κ1) is 20.5. The van der Waals surface area contributed by atoms with E-state index in [1.165, 1.54) is 4.68 Å². The minimum absolute atomic E-state index is 0.0268. The van der Waals surface area contributed by atoms with E-state index in [1.54, 1.807) is 11.3 Å². The maximum Gasteiger partial charge on any atom is 0.276 e. The number of nitrogens with one attached hydrogen (secondary N) is 1. The zero-order valence-electron chi connectivity index (χ0n) is 16.8. The third kappa shape index (κ3) is 4.42. The average molecular weight is 401 g/mol. The van der Waals surface area contributed by atoms with Crippen LogP contribution < -0.4 is 10.9 Å². The third-order valence-electron chi connectivity index (χ3n) is 5.06. The monoisotopic (exact) mass is 400 g/mol. The molecule has 1 amide bonds. The first-order valence-electron chi connectivity index (χ1n) is 9.93. The summed E-state index contributed by atoms with van der Waals surface area (Å²) in [6.07, 6.45) is 0.991. The summed E-state index contributed by atoms with van der Waals surface area (Å²) >= 11 is 1.61.